The van der Waals surface area contributed by atoms with Gasteiger partial charge in [0.25, 0.3) is 0 Å². The molecule has 2 aromatic carbocycles. The van der Waals surface area contributed by atoms with Crippen LogP contribution >= 0.6 is 23.2 Å². The average molecular weight is 271 g/mol. The second kappa shape index (κ2) is 4.94. The summed E-state index contributed by atoms with van der Waals surface area (Å²) in [6, 6.07) is 9.58. The second-order valence-electron chi connectivity index (χ2n) is 3.45. The zero-order valence-electron chi connectivity index (χ0n) is 9.01. The van der Waals surface area contributed by atoms with Gasteiger partial charge in [0.15, 0.2) is 0 Å². The van der Waals surface area contributed by atoms with Gasteiger partial charge < -0.3 is 4.74 Å². The van der Waals surface area contributed by atoms with Crippen molar-refractivity contribution in [3.8, 4) is 16.9 Å². The third kappa shape index (κ3) is 2.38. The largest absolute Gasteiger partial charge is 0.495 e. The van der Waals surface area contributed by atoms with Crippen LogP contribution in [0, 0.1) is 5.82 Å². The first-order valence-electron chi connectivity index (χ1n) is 4.91. The molecule has 0 unspecified atom stereocenters. The molecule has 17 heavy (non-hydrogen) atoms. The van der Waals surface area contributed by atoms with Crippen LogP contribution in [-0.2, 0) is 0 Å². The van der Waals surface area contributed by atoms with Gasteiger partial charge in [0.1, 0.15) is 11.6 Å². The lowest BCUT2D eigenvalue weighted by Crippen LogP contribution is -1.89. The summed E-state index contributed by atoms with van der Waals surface area (Å²) in [7, 11) is 1.51. The molecule has 0 spiro atoms. The smallest absolute Gasteiger partial charge is 0.138 e. The molecule has 0 saturated carbocycles. The second-order valence-corrected chi connectivity index (χ2v) is 4.26. The SMILES string of the molecule is COc1cc(-c2c(F)cccc2Cl)ccc1Cl. The lowest BCUT2D eigenvalue weighted by molar-refractivity contribution is 0.415. The highest BCUT2D eigenvalue weighted by molar-refractivity contribution is 6.33. The van der Waals surface area contributed by atoms with Crippen molar-refractivity contribution in [3.05, 3.63) is 52.3 Å². The molecule has 0 aliphatic rings. The maximum absolute atomic E-state index is 13.7. The summed E-state index contributed by atoms with van der Waals surface area (Å²) < 4.78 is 18.8. The Labute approximate surface area is 109 Å². The maximum atomic E-state index is 13.7. The normalized spacial score (nSPS) is 10.4. The zero-order chi connectivity index (χ0) is 12.4. The van der Waals surface area contributed by atoms with Crippen LogP contribution in [0.5, 0.6) is 5.75 Å². The van der Waals surface area contributed by atoms with E-state index in [0.717, 1.165) is 0 Å². The first kappa shape index (κ1) is 12.2. The van der Waals surface area contributed by atoms with Gasteiger partial charge in [-0.3, -0.25) is 0 Å². The highest BCUT2D eigenvalue weighted by Gasteiger charge is 2.11. The molecule has 0 saturated heterocycles. The summed E-state index contributed by atoms with van der Waals surface area (Å²) >= 11 is 11.9. The molecule has 0 radical (unpaired) electrons. The number of hydrogen-bond acceptors (Lipinski definition) is 1. The summed E-state index contributed by atoms with van der Waals surface area (Å²) in [6.45, 7) is 0. The highest BCUT2D eigenvalue weighted by Crippen LogP contribution is 2.35. The Balaban J connectivity index is 2.61. The molecule has 88 valence electrons. The van der Waals surface area contributed by atoms with E-state index in [1.165, 1.54) is 13.2 Å². The van der Waals surface area contributed by atoms with Crippen LogP contribution in [0.2, 0.25) is 10.0 Å². The molecule has 2 aromatic rings. The van der Waals surface area contributed by atoms with Crippen LogP contribution in [0.1, 0.15) is 0 Å². The summed E-state index contributed by atoms with van der Waals surface area (Å²) in [5.74, 6) is 0.116. The molecule has 0 aliphatic heterocycles. The van der Waals surface area contributed by atoms with Crippen LogP contribution in [0.25, 0.3) is 11.1 Å². The van der Waals surface area contributed by atoms with E-state index < -0.39 is 0 Å². The quantitative estimate of drug-likeness (QED) is 0.761. The van der Waals surface area contributed by atoms with Crippen LogP contribution in [0.4, 0.5) is 4.39 Å². The number of halogens is 3. The van der Waals surface area contributed by atoms with Gasteiger partial charge in [0, 0.05) is 5.56 Å². The molecule has 1 nitrogen and oxygen atoms in total. The predicted octanol–water partition coefficient (Wildman–Crippen LogP) is 4.81. The van der Waals surface area contributed by atoms with Crippen molar-refractivity contribution in [3.63, 3.8) is 0 Å². The third-order valence-electron chi connectivity index (χ3n) is 2.40. The van der Waals surface area contributed by atoms with Crippen molar-refractivity contribution in [1.29, 1.82) is 0 Å². The molecule has 0 aromatic heterocycles. The van der Waals surface area contributed by atoms with Crippen LogP contribution in [-0.4, -0.2) is 7.11 Å². The Morgan fingerprint density at radius 3 is 2.47 bits per heavy atom. The van der Waals surface area contributed by atoms with Crippen LogP contribution in [0.15, 0.2) is 36.4 Å². The molecule has 2 rings (SSSR count). The lowest BCUT2D eigenvalue weighted by atomic mass is 10.0. The Hall–Kier alpha value is -1.25. The fraction of sp³-hybridized carbons (Fsp3) is 0.0769. The molecule has 0 aliphatic carbocycles. The first-order valence-corrected chi connectivity index (χ1v) is 5.67. The summed E-state index contributed by atoms with van der Waals surface area (Å²) in [5, 5.41) is 0.832. The fourth-order valence-electron chi connectivity index (χ4n) is 1.59. The average Bonchev–Trinajstić information content (AvgIpc) is 2.31. The Morgan fingerprint density at radius 1 is 1.06 bits per heavy atom. The molecule has 4 heteroatoms. The topological polar surface area (TPSA) is 9.23 Å². The molecule has 0 bridgehead atoms. The van der Waals surface area contributed by atoms with Gasteiger partial charge in [-0.05, 0) is 29.8 Å². The van der Waals surface area contributed by atoms with E-state index in [9.17, 15) is 4.39 Å². The van der Waals surface area contributed by atoms with E-state index >= 15 is 0 Å². The maximum Gasteiger partial charge on any atom is 0.138 e. The molecule has 0 fully saturated rings. The summed E-state index contributed by atoms with van der Waals surface area (Å²) in [4.78, 5) is 0. The molecular formula is C13H9Cl2FO. The number of ether oxygens (including phenoxy) is 1. The third-order valence-corrected chi connectivity index (χ3v) is 3.03. The Morgan fingerprint density at radius 2 is 1.82 bits per heavy atom. The Kier molecular flexibility index (Phi) is 3.55. The van der Waals surface area contributed by atoms with Gasteiger partial charge in [-0.25, -0.2) is 4.39 Å². The van der Waals surface area contributed by atoms with Gasteiger partial charge >= 0.3 is 0 Å². The van der Waals surface area contributed by atoms with Gasteiger partial charge in [-0.2, -0.15) is 0 Å². The van der Waals surface area contributed by atoms with E-state index in [1.807, 2.05) is 0 Å². The number of rotatable bonds is 2. The van der Waals surface area contributed by atoms with E-state index in [-0.39, 0.29) is 5.82 Å². The molecule has 0 N–H and O–H groups in total. The van der Waals surface area contributed by atoms with E-state index in [1.54, 1.807) is 30.3 Å². The highest BCUT2D eigenvalue weighted by atomic mass is 35.5. The zero-order valence-corrected chi connectivity index (χ0v) is 10.5. The van der Waals surface area contributed by atoms with Crippen molar-refractivity contribution in [2.45, 2.75) is 0 Å². The van der Waals surface area contributed by atoms with E-state index in [0.29, 0.717) is 26.9 Å². The van der Waals surface area contributed by atoms with Crippen molar-refractivity contribution in [2.24, 2.45) is 0 Å². The molecule has 0 heterocycles. The van der Waals surface area contributed by atoms with Gasteiger partial charge in [0.2, 0.25) is 0 Å². The van der Waals surface area contributed by atoms with Crippen LogP contribution in [0.3, 0.4) is 0 Å². The van der Waals surface area contributed by atoms with Crippen molar-refractivity contribution in [2.75, 3.05) is 7.11 Å². The van der Waals surface area contributed by atoms with Gasteiger partial charge in [0.05, 0.1) is 17.2 Å². The minimum absolute atomic E-state index is 0.351. The number of methoxy groups -OCH3 is 1. The summed E-state index contributed by atoms with van der Waals surface area (Å²) in [5.41, 5.74) is 0.985. The minimum Gasteiger partial charge on any atom is -0.495 e. The molecule has 0 amide bonds. The van der Waals surface area contributed by atoms with E-state index in [4.69, 9.17) is 27.9 Å². The van der Waals surface area contributed by atoms with Crippen LogP contribution < -0.4 is 4.74 Å². The fourth-order valence-corrected chi connectivity index (χ4v) is 2.06. The van der Waals surface area contributed by atoms with Crippen molar-refractivity contribution < 1.29 is 9.13 Å². The number of benzene rings is 2. The monoisotopic (exact) mass is 270 g/mol. The Bertz CT molecular complexity index is 535. The minimum atomic E-state index is -0.373. The van der Waals surface area contributed by atoms with E-state index in [2.05, 4.69) is 0 Å². The molecule has 0 atom stereocenters. The lowest BCUT2D eigenvalue weighted by Gasteiger charge is -2.09. The van der Waals surface area contributed by atoms with Gasteiger partial charge in [-0.15, -0.1) is 0 Å². The summed E-state index contributed by atoms with van der Waals surface area (Å²) in [6.07, 6.45) is 0. The van der Waals surface area contributed by atoms with Crippen molar-refractivity contribution in [1.82, 2.24) is 0 Å². The number of hydrogen-bond donors (Lipinski definition) is 0. The predicted molar refractivity (Wildman–Crippen MR) is 68.4 cm³/mol. The van der Waals surface area contributed by atoms with Crippen molar-refractivity contribution >= 4 is 23.2 Å². The molecular weight excluding hydrogens is 262 g/mol. The standard InChI is InChI=1S/C13H9Cl2FO/c1-17-12-7-8(5-6-9(12)14)13-10(15)3-2-4-11(13)16/h2-7H,1H3. The first-order chi connectivity index (χ1) is 8.13. The van der Waals surface area contributed by atoms with Gasteiger partial charge in [-0.1, -0.05) is 35.3 Å².